The molecule has 0 nitrogen and oxygen atoms in total. The molecule has 0 spiro atoms. The molecule has 0 heterocycles. The molecule has 10 heavy (non-hydrogen) atoms. The predicted molar refractivity (Wildman–Crippen MR) is 46.3 cm³/mol. The molecule has 1 rings (SSSR count). The number of hydrogen-bond acceptors (Lipinski definition) is 0. The van der Waals surface area contributed by atoms with E-state index >= 15 is 0 Å². The zero-order valence-corrected chi connectivity index (χ0v) is 7.63. The Hall–Kier alpha value is 0.0600. The summed E-state index contributed by atoms with van der Waals surface area (Å²) in [5.41, 5.74) is 0.0833. The third-order valence-corrected chi connectivity index (χ3v) is 2.60. The second-order valence-electron chi connectivity index (χ2n) is 3.17. The number of allylic oxidation sites excluding steroid dienone is 4. The van der Waals surface area contributed by atoms with Gasteiger partial charge in [-0.05, 0) is 12.5 Å². The monoisotopic (exact) mass is 176 g/mol. The Bertz CT molecular complexity index is 199. The molecule has 0 aromatic rings. The Morgan fingerprint density at radius 3 is 2.40 bits per heavy atom. The average Bonchev–Trinajstić information content (AvgIpc) is 1.81. The Labute approximate surface area is 71.5 Å². The van der Waals surface area contributed by atoms with Crippen LogP contribution in [0.2, 0.25) is 0 Å². The van der Waals surface area contributed by atoms with Gasteiger partial charge in [0, 0.05) is 15.5 Å². The van der Waals surface area contributed by atoms with Crippen LogP contribution in [0, 0.1) is 5.41 Å². The van der Waals surface area contributed by atoms with E-state index in [1.54, 1.807) is 0 Å². The topological polar surface area (TPSA) is 0 Å². The fraction of sp³-hybridized carbons (Fsp3) is 0.500. The largest absolute Gasteiger partial charge is 0.0885 e. The van der Waals surface area contributed by atoms with Crippen LogP contribution in [0.5, 0.6) is 0 Å². The van der Waals surface area contributed by atoms with Crippen LogP contribution in [-0.4, -0.2) is 0 Å². The van der Waals surface area contributed by atoms with Crippen LogP contribution < -0.4 is 0 Å². The fourth-order valence-corrected chi connectivity index (χ4v) is 1.26. The maximum Gasteiger partial charge on any atom is 0.0378 e. The van der Waals surface area contributed by atoms with Gasteiger partial charge < -0.3 is 0 Å². The molecule has 0 aromatic heterocycles. The van der Waals surface area contributed by atoms with Crippen molar-refractivity contribution in [1.82, 2.24) is 0 Å². The van der Waals surface area contributed by atoms with E-state index in [2.05, 4.69) is 13.8 Å². The maximum atomic E-state index is 5.94. The molecule has 0 saturated carbocycles. The van der Waals surface area contributed by atoms with Crippen molar-refractivity contribution in [2.45, 2.75) is 20.3 Å². The van der Waals surface area contributed by atoms with E-state index in [-0.39, 0.29) is 5.41 Å². The summed E-state index contributed by atoms with van der Waals surface area (Å²) in [7, 11) is 0. The van der Waals surface area contributed by atoms with Crippen LogP contribution in [-0.2, 0) is 0 Å². The summed E-state index contributed by atoms with van der Waals surface area (Å²) in [5.74, 6) is 0. The van der Waals surface area contributed by atoms with Gasteiger partial charge in [0.25, 0.3) is 0 Å². The first kappa shape index (κ1) is 8.16. The van der Waals surface area contributed by atoms with Crippen molar-refractivity contribution in [2.75, 3.05) is 0 Å². The zero-order valence-electron chi connectivity index (χ0n) is 6.12. The third-order valence-electron chi connectivity index (χ3n) is 1.72. The van der Waals surface area contributed by atoms with Crippen molar-refractivity contribution in [3.8, 4) is 0 Å². The molecule has 0 atom stereocenters. The van der Waals surface area contributed by atoms with Gasteiger partial charge in [0.05, 0.1) is 0 Å². The lowest BCUT2D eigenvalue weighted by molar-refractivity contribution is 0.471. The van der Waals surface area contributed by atoms with Gasteiger partial charge in [0.1, 0.15) is 0 Å². The van der Waals surface area contributed by atoms with E-state index in [0.29, 0.717) is 0 Å². The minimum Gasteiger partial charge on any atom is -0.0885 e. The number of hydrogen-bond donors (Lipinski definition) is 0. The molecular formula is C8H10Cl2. The van der Waals surface area contributed by atoms with E-state index in [9.17, 15) is 0 Å². The molecule has 1 aliphatic rings. The minimum absolute atomic E-state index is 0.0833. The molecule has 56 valence electrons. The molecule has 0 saturated heterocycles. The van der Waals surface area contributed by atoms with Crippen LogP contribution >= 0.6 is 23.2 Å². The van der Waals surface area contributed by atoms with Gasteiger partial charge in [-0.15, -0.1) is 0 Å². The lowest BCUT2D eigenvalue weighted by Crippen LogP contribution is -2.12. The van der Waals surface area contributed by atoms with Crippen molar-refractivity contribution in [2.24, 2.45) is 5.41 Å². The highest BCUT2D eigenvalue weighted by molar-refractivity contribution is 6.35. The summed E-state index contributed by atoms with van der Waals surface area (Å²) >= 11 is 11.7. The zero-order chi connectivity index (χ0) is 7.78. The highest BCUT2D eigenvalue weighted by Gasteiger charge is 2.23. The van der Waals surface area contributed by atoms with Gasteiger partial charge in [0.15, 0.2) is 0 Å². The van der Waals surface area contributed by atoms with Gasteiger partial charge in [-0.3, -0.25) is 0 Å². The molecule has 1 aliphatic carbocycles. The van der Waals surface area contributed by atoms with Crippen molar-refractivity contribution >= 4 is 23.2 Å². The van der Waals surface area contributed by atoms with Crippen LogP contribution in [0.4, 0.5) is 0 Å². The van der Waals surface area contributed by atoms with Crippen molar-refractivity contribution in [1.29, 1.82) is 0 Å². The first-order valence-corrected chi connectivity index (χ1v) is 4.01. The average molecular weight is 177 g/mol. The van der Waals surface area contributed by atoms with Crippen molar-refractivity contribution in [3.05, 3.63) is 22.2 Å². The predicted octanol–water partition coefficient (Wildman–Crippen LogP) is 3.66. The minimum atomic E-state index is 0.0833. The summed E-state index contributed by atoms with van der Waals surface area (Å²) in [4.78, 5) is 0. The summed E-state index contributed by atoms with van der Waals surface area (Å²) in [5, 5.41) is 1.60. The molecule has 0 radical (unpaired) electrons. The summed E-state index contributed by atoms with van der Waals surface area (Å²) in [6, 6.07) is 0. The first-order chi connectivity index (χ1) is 4.52. The van der Waals surface area contributed by atoms with Crippen LogP contribution in [0.15, 0.2) is 22.2 Å². The highest BCUT2D eigenvalue weighted by Crippen LogP contribution is 2.38. The molecule has 0 N–H and O–H groups in total. The summed E-state index contributed by atoms with van der Waals surface area (Å²) < 4.78 is 0. The molecular weight excluding hydrogens is 167 g/mol. The number of rotatable bonds is 0. The quantitative estimate of drug-likeness (QED) is 0.529. The van der Waals surface area contributed by atoms with E-state index in [0.717, 1.165) is 16.5 Å². The van der Waals surface area contributed by atoms with E-state index in [4.69, 9.17) is 23.2 Å². The lowest BCUT2D eigenvalue weighted by atomic mass is 9.86. The molecule has 2 heteroatoms. The second kappa shape index (κ2) is 2.60. The second-order valence-corrected chi connectivity index (χ2v) is 4.01. The molecule has 0 aliphatic heterocycles. The number of halogens is 2. The molecule has 0 amide bonds. The normalized spacial score (nSPS) is 23.6. The van der Waals surface area contributed by atoms with Gasteiger partial charge in [-0.25, -0.2) is 0 Å². The molecule has 0 fully saturated rings. The van der Waals surface area contributed by atoms with Crippen LogP contribution in [0.25, 0.3) is 0 Å². The third kappa shape index (κ3) is 1.56. The van der Waals surface area contributed by atoms with Gasteiger partial charge in [-0.2, -0.15) is 0 Å². The molecule has 0 aromatic carbocycles. The van der Waals surface area contributed by atoms with Crippen LogP contribution in [0.3, 0.4) is 0 Å². The maximum absolute atomic E-state index is 5.94. The Balaban J connectivity index is 2.88. The van der Waals surface area contributed by atoms with Crippen LogP contribution in [0.1, 0.15) is 20.3 Å². The van der Waals surface area contributed by atoms with E-state index in [1.165, 1.54) is 0 Å². The Morgan fingerprint density at radius 1 is 1.40 bits per heavy atom. The Kier molecular flexibility index (Phi) is 2.12. The van der Waals surface area contributed by atoms with Crippen molar-refractivity contribution in [3.63, 3.8) is 0 Å². The first-order valence-electron chi connectivity index (χ1n) is 3.26. The SMILES string of the molecule is CC1(C)CC=C(Cl)C=C1Cl. The standard InChI is InChI=1S/C8H10Cl2/c1-8(2)4-3-6(9)5-7(8)10/h3,5H,4H2,1-2H3. The molecule has 0 unspecified atom stereocenters. The Morgan fingerprint density at radius 2 is 2.00 bits per heavy atom. The summed E-state index contributed by atoms with van der Waals surface area (Å²) in [6.45, 7) is 4.21. The molecule has 0 bridgehead atoms. The van der Waals surface area contributed by atoms with E-state index in [1.807, 2.05) is 12.2 Å². The van der Waals surface area contributed by atoms with Crippen molar-refractivity contribution < 1.29 is 0 Å². The van der Waals surface area contributed by atoms with Gasteiger partial charge >= 0.3 is 0 Å². The van der Waals surface area contributed by atoms with E-state index < -0.39 is 0 Å². The van der Waals surface area contributed by atoms with Gasteiger partial charge in [0.2, 0.25) is 0 Å². The van der Waals surface area contributed by atoms with Gasteiger partial charge in [-0.1, -0.05) is 43.1 Å². The highest BCUT2D eigenvalue weighted by atomic mass is 35.5. The lowest BCUT2D eigenvalue weighted by Gasteiger charge is -2.25. The smallest absolute Gasteiger partial charge is 0.0378 e. The summed E-state index contributed by atoms with van der Waals surface area (Å²) in [6.07, 6.45) is 4.74. The fourth-order valence-electron chi connectivity index (χ4n) is 0.826.